The number of aryl methyl sites for hydroxylation is 1. The first kappa shape index (κ1) is 14.4. The lowest BCUT2D eigenvalue weighted by molar-refractivity contribution is 0.458. The van der Waals surface area contributed by atoms with E-state index in [0.717, 1.165) is 21.9 Å². The van der Waals surface area contributed by atoms with Crippen LogP contribution in [0.5, 0.6) is 11.6 Å². The van der Waals surface area contributed by atoms with Crippen molar-refractivity contribution in [2.45, 2.75) is 26.7 Å². The Morgan fingerprint density at radius 2 is 2.05 bits per heavy atom. The van der Waals surface area contributed by atoms with E-state index in [1.807, 2.05) is 25.1 Å². The summed E-state index contributed by atoms with van der Waals surface area (Å²) in [6, 6.07) is 9.23. The Bertz CT molecular complexity index is 657. The normalized spacial score (nSPS) is 10.4. The quantitative estimate of drug-likeness (QED) is 0.812. The number of benzene rings is 1. The van der Waals surface area contributed by atoms with Gasteiger partial charge < -0.3 is 4.74 Å². The van der Waals surface area contributed by atoms with E-state index in [1.54, 1.807) is 12.1 Å². The molecule has 2 rings (SSSR count). The fourth-order valence-electron chi connectivity index (χ4n) is 1.84. The van der Waals surface area contributed by atoms with Crippen molar-refractivity contribution in [1.82, 2.24) is 4.98 Å². The van der Waals surface area contributed by atoms with Crippen molar-refractivity contribution < 1.29 is 4.74 Å². The summed E-state index contributed by atoms with van der Waals surface area (Å²) < 4.78 is 5.78. The van der Waals surface area contributed by atoms with E-state index in [0.29, 0.717) is 17.4 Å². The van der Waals surface area contributed by atoms with Gasteiger partial charge in [0.05, 0.1) is 5.56 Å². The van der Waals surface area contributed by atoms with Crippen molar-refractivity contribution >= 4 is 11.6 Å². The number of ether oxygens (including phenoxy) is 1. The third kappa shape index (κ3) is 3.09. The summed E-state index contributed by atoms with van der Waals surface area (Å²) in [6.07, 6.45) is 1.49. The molecule has 102 valence electrons. The minimum Gasteiger partial charge on any atom is -0.439 e. The zero-order valence-corrected chi connectivity index (χ0v) is 12.4. The molecule has 0 atom stereocenters. The highest BCUT2D eigenvalue weighted by atomic mass is 35.5. The molecule has 0 fully saturated rings. The highest BCUT2D eigenvalue weighted by Crippen LogP contribution is 2.33. The van der Waals surface area contributed by atoms with Crippen LogP contribution in [-0.4, -0.2) is 4.98 Å². The molecule has 1 aromatic heterocycles. The van der Waals surface area contributed by atoms with Gasteiger partial charge in [-0.25, -0.2) is 4.98 Å². The van der Waals surface area contributed by atoms with E-state index < -0.39 is 0 Å². The van der Waals surface area contributed by atoms with Gasteiger partial charge in [-0.15, -0.1) is 0 Å². The van der Waals surface area contributed by atoms with Crippen LogP contribution in [0.4, 0.5) is 0 Å². The molecule has 0 saturated heterocycles. The maximum atomic E-state index is 8.74. The predicted octanol–water partition coefficient (Wildman–Crippen LogP) is 4.83. The van der Waals surface area contributed by atoms with Crippen LogP contribution >= 0.6 is 11.6 Å². The topological polar surface area (TPSA) is 45.9 Å². The molecule has 0 aliphatic rings. The number of rotatable bonds is 3. The van der Waals surface area contributed by atoms with E-state index in [-0.39, 0.29) is 0 Å². The fraction of sp³-hybridized carbons (Fsp3) is 0.250. The first-order chi connectivity index (χ1) is 9.51. The molecule has 1 heterocycles. The summed E-state index contributed by atoms with van der Waals surface area (Å²) >= 11 is 6.23. The van der Waals surface area contributed by atoms with Crippen molar-refractivity contribution in [3.63, 3.8) is 0 Å². The van der Waals surface area contributed by atoms with Gasteiger partial charge in [0.15, 0.2) is 0 Å². The van der Waals surface area contributed by atoms with Crippen molar-refractivity contribution in [2.24, 2.45) is 0 Å². The zero-order chi connectivity index (χ0) is 14.7. The van der Waals surface area contributed by atoms with Crippen molar-refractivity contribution in [1.29, 1.82) is 5.26 Å². The molecule has 0 spiro atoms. The summed E-state index contributed by atoms with van der Waals surface area (Å²) in [5.74, 6) is 1.51. The molecule has 0 unspecified atom stereocenters. The van der Waals surface area contributed by atoms with Gasteiger partial charge in [-0.05, 0) is 42.2 Å². The Labute approximate surface area is 123 Å². The Kier molecular flexibility index (Phi) is 4.26. The van der Waals surface area contributed by atoms with Crippen molar-refractivity contribution in [3.05, 3.63) is 52.2 Å². The second kappa shape index (κ2) is 5.94. The van der Waals surface area contributed by atoms with E-state index in [9.17, 15) is 0 Å². The van der Waals surface area contributed by atoms with Crippen LogP contribution in [0.25, 0.3) is 0 Å². The lowest BCUT2D eigenvalue weighted by atomic mass is 10.0. The van der Waals surface area contributed by atoms with E-state index in [1.165, 1.54) is 6.20 Å². The molecule has 0 N–H and O–H groups in total. The van der Waals surface area contributed by atoms with Crippen LogP contribution in [-0.2, 0) is 0 Å². The maximum Gasteiger partial charge on any atom is 0.219 e. The summed E-state index contributed by atoms with van der Waals surface area (Å²) in [5.41, 5.74) is 2.50. The molecule has 0 aliphatic carbocycles. The van der Waals surface area contributed by atoms with Gasteiger partial charge in [-0.3, -0.25) is 0 Å². The van der Waals surface area contributed by atoms with E-state index in [4.69, 9.17) is 21.6 Å². The van der Waals surface area contributed by atoms with Crippen LogP contribution in [0.1, 0.15) is 36.5 Å². The molecule has 4 heteroatoms. The molecule has 0 saturated carbocycles. The monoisotopic (exact) mass is 286 g/mol. The lowest BCUT2D eigenvalue weighted by Crippen LogP contribution is -1.95. The SMILES string of the molecule is Cc1cc(Cl)c(C(C)C)cc1Oc1ccc(C#N)cn1. The minimum atomic E-state index is 0.319. The molecule has 0 bridgehead atoms. The van der Waals surface area contributed by atoms with Gasteiger partial charge in [0.1, 0.15) is 11.8 Å². The summed E-state index contributed by atoms with van der Waals surface area (Å²) in [7, 11) is 0. The highest BCUT2D eigenvalue weighted by Gasteiger charge is 2.11. The first-order valence-corrected chi connectivity index (χ1v) is 6.73. The summed E-state index contributed by atoms with van der Waals surface area (Å²) in [4.78, 5) is 4.11. The van der Waals surface area contributed by atoms with Crippen LogP contribution < -0.4 is 4.74 Å². The van der Waals surface area contributed by atoms with E-state index >= 15 is 0 Å². The third-order valence-corrected chi connectivity index (χ3v) is 3.32. The molecule has 0 aliphatic heterocycles. The smallest absolute Gasteiger partial charge is 0.219 e. The summed E-state index contributed by atoms with van der Waals surface area (Å²) in [6.45, 7) is 6.11. The average molecular weight is 287 g/mol. The first-order valence-electron chi connectivity index (χ1n) is 6.35. The molecule has 2 aromatic rings. The molecule has 0 radical (unpaired) electrons. The number of hydrogen-bond donors (Lipinski definition) is 0. The standard InChI is InChI=1S/C16H15ClN2O/c1-10(2)13-7-15(11(3)6-14(13)17)20-16-5-4-12(8-18)9-19-16/h4-7,9-10H,1-3H3. The average Bonchev–Trinajstić information content (AvgIpc) is 2.42. The van der Waals surface area contributed by atoms with Crippen LogP contribution in [0, 0.1) is 18.3 Å². The summed E-state index contributed by atoms with van der Waals surface area (Å²) in [5, 5.41) is 9.49. The highest BCUT2D eigenvalue weighted by molar-refractivity contribution is 6.31. The van der Waals surface area contributed by atoms with Crippen molar-refractivity contribution in [2.75, 3.05) is 0 Å². The van der Waals surface area contributed by atoms with Crippen LogP contribution in [0.2, 0.25) is 5.02 Å². The van der Waals surface area contributed by atoms with Crippen LogP contribution in [0.3, 0.4) is 0 Å². The third-order valence-electron chi connectivity index (χ3n) is 3.00. The van der Waals surface area contributed by atoms with E-state index in [2.05, 4.69) is 18.8 Å². The minimum absolute atomic E-state index is 0.319. The van der Waals surface area contributed by atoms with Gasteiger partial charge in [-0.1, -0.05) is 25.4 Å². The number of aromatic nitrogens is 1. The number of pyridine rings is 1. The van der Waals surface area contributed by atoms with Gasteiger partial charge in [-0.2, -0.15) is 5.26 Å². The Balaban J connectivity index is 2.33. The van der Waals surface area contributed by atoms with Gasteiger partial charge in [0.25, 0.3) is 0 Å². The molecular weight excluding hydrogens is 272 g/mol. The Morgan fingerprint density at radius 3 is 2.60 bits per heavy atom. The molecule has 1 aromatic carbocycles. The molecule has 0 amide bonds. The second-order valence-corrected chi connectivity index (χ2v) is 5.30. The second-order valence-electron chi connectivity index (χ2n) is 4.89. The molecule has 3 nitrogen and oxygen atoms in total. The number of halogens is 1. The molecular formula is C16H15ClN2O. The van der Waals surface area contributed by atoms with Crippen LogP contribution in [0.15, 0.2) is 30.5 Å². The fourth-order valence-corrected chi connectivity index (χ4v) is 2.28. The lowest BCUT2D eigenvalue weighted by Gasteiger charge is -2.14. The van der Waals surface area contributed by atoms with Crippen molar-refractivity contribution in [3.8, 4) is 17.7 Å². The number of nitrogens with zero attached hydrogens (tertiary/aromatic N) is 2. The zero-order valence-electron chi connectivity index (χ0n) is 11.6. The van der Waals surface area contributed by atoms with Gasteiger partial charge in [0, 0.05) is 17.3 Å². The number of nitriles is 1. The predicted molar refractivity (Wildman–Crippen MR) is 79.3 cm³/mol. The Hall–Kier alpha value is -2.05. The van der Waals surface area contributed by atoms with Gasteiger partial charge in [0.2, 0.25) is 5.88 Å². The largest absolute Gasteiger partial charge is 0.439 e. The number of hydrogen-bond acceptors (Lipinski definition) is 3. The molecule has 20 heavy (non-hydrogen) atoms. The maximum absolute atomic E-state index is 8.74. The van der Waals surface area contributed by atoms with Gasteiger partial charge >= 0.3 is 0 Å². The Morgan fingerprint density at radius 1 is 1.30 bits per heavy atom.